The molecule has 1 N–H and O–H groups in total. The molecule has 1 rings (SSSR count). The van der Waals surface area contributed by atoms with E-state index in [0.717, 1.165) is 0 Å². The molecule has 1 fully saturated rings. The van der Waals surface area contributed by atoms with Crippen LogP contribution in [0.3, 0.4) is 0 Å². The van der Waals surface area contributed by atoms with Crippen LogP contribution in [0.4, 0.5) is 4.79 Å². The van der Waals surface area contributed by atoms with E-state index in [9.17, 15) is 9.59 Å². The molecule has 0 spiro atoms. The zero-order valence-electron chi connectivity index (χ0n) is 13.3. The standard InChI is InChI=1S/C14H26N2O4/c1-7-10(11(17)18)15(6)12(19)16-8-13(2,3)20-14(4,5)9-16/h10H,7-9H2,1-6H3,(H,17,18). The number of carboxylic acids is 1. The molecule has 0 aliphatic carbocycles. The fourth-order valence-corrected chi connectivity index (χ4v) is 2.89. The molecule has 0 radical (unpaired) electrons. The highest BCUT2D eigenvalue weighted by Crippen LogP contribution is 2.28. The number of aliphatic carboxylic acids is 1. The number of hydrogen-bond acceptors (Lipinski definition) is 3. The van der Waals surface area contributed by atoms with Crippen LogP contribution in [-0.2, 0) is 9.53 Å². The molecule has 6 nitrogen and oxygen atoms in total. The first-order valence-corrected chi connectivity index (χ1v) is 6.94. The number of morpholine rings is 1. The highest BCUT2D eigenvalue weighted by Gasteiger charge is 2.41. The number of rotatable bonds is 3. The molecular formula is C14H26N2O4. The lowest BCUT2D eigenvalue weighted by Gasteiger charge is -2.48. The molecular weight excluding hydrogens is 260 g/mol. The Hall–Kier alpha value is -1.30. The van der Waals surface area contributed by atoms with Gasteiger partial charge in [-0.05, 0) is 34.1 Å². The predicted molar refractivity (Wildman–Crippen MR) is 75.7 cm³/mol. The van der Waals surface area contributed by atoms with Gasteiger partial charge in [0.2, 0.25) is 0 Å². The Morgan fingerprint density at radius 3 is 2.05 bits per heavy atom. The van der Waals surface area contributed by atoms with Crippen molar-refractivity contribution >= 4 is 12.0 Å². The fourth-order valence-electron chi connectivity index (χ4n) is 2.89. The monoisotopic (exact) mass is 286 g/mol. The summed E-state index contributed by atoms with van der Waals surface area (Å²) in [6.07, 6.45) is 0.384. The number of nitrogens with zero attached hydrogens (tertiary/aromatic N) is 2. The third-order valence-corrected chi connectivity index (χ3v) is 3.41. The molecule has 1 unspecified atom stereocenters. The molecule has 0 aromatic carbocycles. The Bertz CT molecular complexity index is 377. The Morgan fingerprint density at radius 2 is 1.70 bits per heavy atom. The minimum atomic E-state index is -0.977. The molecule has 1 aliphatic rings. The van der Waals surface area contributed by atoms with Gasteiger partial charge >= 0.3 is 12.0 Å². The highest BCUT2D eigenvalue weighted by atomic mass is 16.5. The van der Waals surface area contributed by atoms with E-state index in [1.54, 1.807) is 18.9 Å². The molecule has 0 aromatic heterocycles. The van der Waals surface area contributed by atoms with Crippen LogP contribution in [0.2, 0.25) is 0 Å². The SMILES string of the molecule is CCC(C(=O)O)N(C)C(=O)N1CC(C)(C)OC(C)(C)C1. The zero-order chi connectivity index (χ0) is 15.7. The number of amides is 2. The Labute approximate surface area is 120 Å². The fraction of sp³-hybridized carbons (Fsp3) is 0.857. The van der Waals surface area contributed by atoms with Gasteiger partial charge in [-0.25, -0.2) is 9.59 Å². The third kappa shape index (κ3) is 3.85. The van der Waals surface area contributed by atoms with Crippen molar-refractivity contribution in [3.8, 4) is 0 Å². The molecule has 0 saturated carbocycles. The lowest BCUT2D eigenvalue weighted by Crippen LogP contribution is -2.61. The summed E-state index contributed by atoms with van der Waals surface area (Å²) in [4.78, 5) is 26.7. The largest absolute Gasteiger partial charge is 0.480 e. The van der Waals surface area contributed by atoms with E-state index < -0.39 is 23.2 Å². The zero-order valence-corrected chi connectivity index (χ0v) is 13.3. The number of carboxylic acid groups (broad SMARTS) is 1. The van der Waals surface area contributed by atoms with Gasteiger partial charge in [0.05, 0.1) is 24.3 Å². The van der Waals surface area contributed by atoms with Gasteiger partial charge in [0, 0.05) is 7.05 Å². The molecule has 1 heterocycles. The smallest absolute Gasteiger partial charge is 0.326 e. The average molecular weight is 286 g/mol. The number of ether oxygens (including phenoxy) is 1. The van der Waals surface area contributed by atoms with Crippen molar-refractivity contribution < 1.29 is 19.4 Å². The van der Waals surface area contributed by atoms with Gasteiger partial charge in [0.25, 0.3) is 0 Å². The minimum Gasteiger partial charge on any atom is -0.480 e. The first-order valence-electron chi connectivity index (χ1n) is 6.94. The maximum Gasteiger partial charge on any atom is 0.326 e. The third-order valence-electron chi connectivity index (χ3n) is 3.41. The van der Waals surface area contributed by atoms with Crippen LogP contribution >= 0.6 is 0 Å². The summed E-state index contributed by atoms with van der Waals surface area (Å²) in [5.74, 6) is -0.977. The second kappa shape index (κ2) is 5.60. The highest BCUT2D eigenvalue weighted by molar-refractivity contribution is 5.82. The Kier molecular flexibility index (Phi) is 4.69. The molecule has 1 saturated heterocycles. The van der Waals surface area contributed by atoms with Crippen LogP contribution in [0, 0.1) is 0 Å². The molecule has 2 amide bonds. The van der Waals surface area contributed by atoms with Crippen LogP contribution in [-0.4, -0.2) is 64.3 Å². The average Bonchev–Trinajstić information content (AvgIpc) is 2.23. The Morgan fingerprint density at radius 1 is 1.25 bits per heavy atom. The quantitative estimate of drug-likeness (QED) is 0.858. The molecule has 6 heteroatoms. The topological polar surface area (TPSA) is 70.1 Å². The maximum absolute atomic E-state index is 12.5. The summed E-state index contributed by atoms with van der Waals surface area (Å²) in [7, 11) is 1.54. The van der Waals surface area contributed by atoms with E-state index in [4.69, 9.17) is 9.84 Å². The number of carbonyl (C=O) groups is 2. The van der Waals surface area contributed by atoms with Gasteiger partial charge < -0.3 is 19.6 Å². The van der Waals surface area contributed by atoms with E-state index in [1.165, 1.54) is 4.90 Å². The first kappa shape index (κ1) is 16.8. The summed E-state index contributed by atoms with van der Waals surface area (Å²) in [5.41, 5.74) is -0.883. The van der Waals surface area contributed by atoms with E-state index in [-0.39, 0.29) is 6.03 Å². The van der Waals surface area contributed by atoms with Gasteiger partial charge in [-0.3, -0.25) is 0 Å². The van der Waals surface area contributed by atoms with Gasteiger partial charge in [0.1, 0.15) is 6.04 Å². The van der Waals surface area contributed by atoms with Crippen LogP contribution in [0.25, 0.3) is 0 Å². The number of likely N-dealkylation sites (N-methyl/N-ethyl adjacent to an activating group) is 1. The number of carbonyl (C=O) groups excluding carboxylic acids is 1. The first-order chi connectivity index (χ1) is 8.99. The van der Waals surface area contributed by atoms with Crippen molar-refractivity contribution in [3.05, 3.63) is 0 Å². The van der Waals surface area contributed by atoms with Gasteiger partial charge in [0.15, 0.2) is 0 Å². The van der Waals surface area contributed by atoms with Crippen LogP contribution in [0.5, 0.6) is 0 Å². The normalized spacial score (nSPS) is 22.2. The van der Waals surface area contributed by atoms with Crippen molar-refractivity contribution in [2.45, 2.75) is 58.3 Å². The van der Waals surface area contributed by atoms with E-state index in [2.05, 4.69) is 0 Å². The minimum absolute atomic E-state index is 0.260. The molecule has 1 aliphatic heterocycles. The summed E-state index contributed by atoms with van der Waals surface area (Å²) < 4.78 is 5.93. The second-order valence-electron chi connectivity index (χ2n) is 6.63. The van der Waals surface area contributed by atoms with E-state index in [1.807, 2.05) is 27.7 Å². The second-order valence-corrected chi connectivity index (χ2v) is 6.63. The molecule has 0 bridgehead atoms. The van der Waals surface area contributed by atoms with Gasteiger partial charge in [-0.15, -0.1) is 0 Å². The summed E-state index contributed by atoms with van der Waals surface area (Å²) in [5, 5.41) is 9.16. The van der Waals surface area contributed by atoms with Crippen LogP contribution < -0.4 is 0 Å². The van der Waals surface area contributed by atoms with Crippen molar-refractivity contribution in [1.29, 1.82) is 0 Å². The maximum atomic E-state index is 12.5. The van der Waals surface area contributed by atoms with Gasteiger partial charge in [-0.1, -0.05) is 6.92 Å². The molecule has 116 valence electrons. The number of hydrogen-bond donors (Lipinski definition) is 1. The Balaban J connectivity index is 2.88. The number of urea groups is 1. The predicted octanol–water partition coefficient (Wildman–Crippen LogP) is 1.79. The van der Waals surface area contributed by atoms with Gasteiger partial charge in [-0.2, -0.15) is 0 Å². The van der Waals surface area contributed by atoms with E-state index >= 15 is 0 Å². The summed E-state index contributed by atoms with van der Waals surface area (Å²) >= 11 is 0. The summed E-state index contributed by atoms with van der Waals surface area (Å²) in [6.45, 7) is 10.4. The van der Waals surface area contributed by atoms with E-state index in [0.29, 0.717) is 19.5 Å². The van der Waals surface area contributed by atoms with Crippen LogP contribution in [0.15, 0.2) is 0 Å². The molecule has 0 aromatic rings. The van der Waals surface area contributed by atoms with Crippen molar-refractivity contribution in [2.24, 2.45) is 0 Å². The van der Waals surface area contributed by atoms with Crippen molar-refractivity contribution in [3.63, 3.8) is 0 Å². The lowest BCUT2D eigenvalue weighted by atomic mass is 9.99. The lowest BCUT2D eigenvalue weighted by molar-refractivity contribution is -0.172. The van der Waals surface area contributed by atoms with Crippen molar-refractivity contribution in [1.82, 2.24) is 9.80 Å². The summed E-state index contributed by atoms with van der Waals surface area (Å²) in [6, 6.07) is -1.06. The molecule has 1 atom stereocenters. The van der Waals surface area contributed by atoms with Crippen LogP contribution in [0.1, 0.15) is 41.0 Å². The molecule has 20 heavy (non-hydrogen) atoms. The van der Waals surface area contributed by atoms with Crippen molar-refractivity contribution in [2.75, 3.05) is 20.1 Å².